The van der Waals surface area contributed by atoms with Crippen LogP contribution < -0.4 is 0 Å². The third kappa shape index (κ3) is 2.08. The van der Waals surface area contributed by atoms with Crippen molar-refractivity contribution in [3.05, 3.63) is 12.2 Å². The minimum Gasteiger partial charge on any atom is -0.290 e. The van der Waals surface area contributed by atoms with Gasteiger partial charge >= 0.3 is 0 Å². The molecule has 2 nitrogen and oxygen atoms in total. The molecule has 12 heavy (non-hydrogen) atoms. The van der Waals surface area contributed by atoms with Crippen LogP contribution in [0.3, 0.4) is 0 Å². The van der Waals surface area contributed by atoms with Crippen molar-refractivity contribution in [2.24, 2.45) is 0 Å². The third-order valence-corrected chi connectivity index (χ3v) is 2.74. The number of rotatable bonds is 2. The van der Waals surface area contributed by atoms with Crippen LogP contribution >= 0.6 is 0 Å². The standard InChI is InChI=1S/C10H18N2/c1-2-6-11(7-3-1)10-12-8-4-5-9-12/h4-5H,1-3,6-10H2. The molecular weight excluding hydrogens is 148 g/mol. The normalized spacial score (nSPS) is 26.7. The van der Waals surface area contributed by atoms with Crippen LogP contribution in [0.5, 0.6) is 0 Å². The molecular formula is C10H18N2. The van der Waals surface area contributed by atoms with E-state index in [1.165, 1.54) is 39.0 Å². The van der Waals surface area contributed by atoms with Gasteiger partial charge in [0.1, 0.15) is 0 Å². The van der Waals surface area contributed by atoms with E-state index in [4.69, 9.17) is 0 Å². The monoisotopic (exact) mass is 166 g/mol. The van der Waals surface area contributed by atoms with Crippen LogP contribution in [0.2, 0.25) is 0 Å². The molecule has 0 unspecified atom stereocenters. The Balaban J connectivity index is 1.70. The molecule has 2 aliphatic rings. The van der Waals surface area contributed by atoms with Gasteiger partial charge in [-0.05, 0) is 25.9 Å². The van der Waals surface area contributed by atoms with Crippen molar-refractivity contribution in [2.75, 3.05) is 32.8 Å². The molecule has 0 radical (unpaired) electrons. The van der Waals surface area contributed by atoms with Gasteiger partial charge in [0.05, 0.1) is 6.67 Å². The molecule has 0 N–H and O–H groups in total. The van der Waals surface area contributed by atoms with Crippen molar-refractivity contribution in [3.63, 3.8) is 0 Å². The van der Waals surface area contributed by atoms with Crippen molar-refractivity contribution in [1.29, 1.82) is 0 Å². The quantitative estimate of drug-likeness (QED) is 0.571. The summed E-state index contributed by atoms with van der Waals surface area (Å²) in [4.78, 5) is 5.07. The largest absolute Gasteiger partial charge is 0.290 e. The predicted octanol–water partition coefficient (Wildman–Crippen LogP) is 1.30. The van der Waals surface area contributed by atoms with Crippen molar-refractivity contribution in [1.82, 2.24) is 9.80 Å². The Hall–Kier alpha value is -0.340. The van der Waals surface area contributed by atoms with Crippen LogP contribution in [0.1, 0.15) is 19.3 Å². The molecule has 0 atom stereocenters. The first-order valence-corrected chi connectivity index (χ1v) is 5.05. The van der Waals surface area contributed by atoms with Crippen LogP contribution in [0, 0.1) is 0 Å². The van der Waals surface area contributed by atoms with Crippen molar-refractivity contribution >= 4 is 0 Å². The highest BCUT2D eigenvalue weighted by Gasteiger charge is 2.14. The molecule has 0 bridgehead atoms. The summed E-state index contributed by atoms with van der Waals surface area (Å²) in [5.41, 5.74) is 0. The summed E-state index contributed by atoms with van der Waals surface area (Å²) in [5.74, 6) is 0. The van der Waals surface area contributed by atoms with Crippen molar-refractivity contribution in [3.8, 4) is 0 Å². The second kappa shape index (κ2) is 4.06. The zero-order valence-corrected chi connectivity index (χ0v) is 7.71. The van der Waals surface area contributed by atoms with Gasteiger partial charge in [0, 0.05) is 13.1 Å². The molecule has 1 fully saturated rings. The van der Waals surface area contributed by atoms with E-state index in [1.54, 1.807) is 0 Å². The van der Waals surface area contributed by atoms with Crippen LogP contribution in [0.4, 0.5) is 0 Å². The number of piperidine rings is 1. The molecule has 0 saturated carbocycles. The summed E-state index contributed by atoms with van der Waals surface area (Å²) < 4.78 is 0. The lowest BCUT2D eigenvalue weighted by Gasteiger charge is -2.30. The van der Waals surface area contributed by atoms with Gasteiger partial charge in [-0.2, -0.15) is 0 Å². The van der Waals surface area contributed by atoms with Gasteiger partial charge in [0.2, 0.25) is 0 Å². The van der Waals surface area contributed by atoms with Crippen LogP contribution in [0.15, 0.2) is 12.2 Å². The summed E-state index contributed by atoms with van der Waals surface area (Å²) in [5, 5.41) is 0. The Labute approximate surface area is 74.8 Å². The Kier molecular flexibility index (Phi) is 2.79. The van der Waals surface area contributed by atoms with Gasteiger partial charge in [-0.25, -0.2) is 0 Å². The lowest BCUT2D eigenvalue weighted by Crippen LogP contribution is -2.39. The summed E-state index contributed by atoms with van der Waals surface area (Å²) in [7, 11) is 0. The smallest absolute Gasteiger partial charge is 0.0512 e. The molecule has 0 spiro atoms. The second-order valence-corrected chi connectivity index (χ2v) is 3.83. The number of likely N-dealkylation sites (tertiary alicyclic amines) is 1. The number of nitrogens with zero attached hydrogens (tertiary/aromatic N) is 2. The van der Waals surface area contributed by atoms with Gasteiger partial charge in [-0.1, -0.05) is 18.6 Å². The molecule has 2 rings (SSSR count). The zero-order chi connectivity index (χ0) is 8.23. The summed E-state index contributed by atoms with van der Waals surface area (Å²) in [6.07, 6.45) is 8.78. The van der Waals surface area contributed by atoms with Gasteiger partial charge in [0.15, 0.2) is 0 Å². The first-order valence-electron chi connectivity index (χ1n) is 5.05. The topological polar surface area (TPSA) is 6.48 Å². The zero-order valence-electron chi connectivity index (χ0n) is 7.71. The fourth-order valence-electron chi connectivity index (χ4n) is 2.02. The average molecular weight is 166 g/mol. The Morgan fingerprint density at radius 2 is 1.50 bits per heavy atom. The fourth-order valence-corrected chi connectivity index (χ4v) is 2.02. The highest BCUT2D eigenvalue weighted by molar-refractivity contribution is 4.95. The van der Waals surface area contributed by atoms with Crippen molar-refractivity contribution < 1.29 is 0 Å². The maximum atomic E-state index is 2.58. The summed E-state index contributed by atoms with van der Waals surface area (Å²) in [6, 6.07) is 0. The highest BCUT2D eigenvalue weighted by Crippen LogP contribution is 2.10. The van der Waals surface area contributed by atoms with E-state index in [-0.39, 0.29) is 0 Å². The van der Waals surface area contributed by atoms with E-state index in [1.807, 2.05) is 0 Å². The molecule has 2 heteroatoms. The fraction of sp³-hybridized carbons (Fsp3) is 0.800. The molecule has 0 aromatic heterocycles. The van der Waals surface area contributed by atoms with Gasteiger partial charge < -0.3 is 0 Å². The molecule has 0 aliphatic carbocycles. The van der Waals surface area contributed by atoms with E-state index in [0.717, 1.165) is 13.1 Å². The maximum absolute atomic E-state index is 2.58. The van der Waals surface area contributed by atoms with E-state index >= 15 is 0 Å². The maximum Gasteiger partial charge on any atom is 0.0512 e. The third-order valence-electron chi connectivity index (χ3n) is 2.74. The van der Waals surface area contributed by atoms with Crippen LogP contribution in [0.25, 0.3) is 0 Å². The number of hydrogen-bond acceptors (Lipinski definition) is 2. The first kappa shape index (κ1) is 8.27. The van der Waals surface area contributed by atoms with Gasteiger partial charge in [0.25, 0.3) is 0 Å². The minimum absolute atomic E-state index is 1.16. The molecule has 2 heterocycles. The molecule has 0 aromatic carbocycles. The van der Waals surface area contributed by atoms with Gasteiger partial charge in [-0.3, -0.25) is 9.80 Å². The van der Waals surface area contributed by atoms with Crippen LogP contribution in [-0.2, 0) is 0 Å². The highest BCUT2D eigenvalue weighted by atomic mass is 15.3. The minimum atomic E-state index is 1.16. The molecule has 1 saturated heterocycles. The summed E-state index contributed by atoms with van der Waals surface area (Å²) in [6.45, 7) is 6.15. The van der Waals surface area contributed by atoms with E-state index in [2.05, 4.69) is 22.0 Å². The van der Waals surface area contributed by atoms with Crippen molar-refractivity contribution in [2.45, 2.75) is 19.3 Å². The average Bonchev–Trinajstić information content (AvgIpc) is 2.59. The SMILES string of the molecule is C1=CCN(CN2CCCCC2)C1. The molecule has 2 aliphatic heterocycles. The number of hydrogen-bond donors (Lipinski definition) is 0. The molecule has 68 valence electrons. The second-order valence-electron chi connectivity index (χ2n) is 3.83. The van der Waals surface area contributed by atoms with Crippen LogP contribution in [-0.4, -0.2) is 42.6 Å². The lowest BCUT2D eigenvalue weighted by atomic mass is 10.1. The van der Waals surface area contributed by atoms with Gasteiger partial charge in [-0.15, -0.1) is 0 Å². The first-order chi connectivity index (χ1) is 5.95. The van der Waals surface area contributed by atoms with E-state index < -0.39 is 0 Å². The summed E-state index contributed by atoms with van der Waals surface area (Å²) >= 11 is 0. The molecule has 0 amide bonds. The Bertz CT molecular complexity index is 151. The van der Waals surface area contributed by atoms with E-state index in [9.17, 15) is 0 Å². The Morgan fingerprint density at radius 3 is 2.17 bits per heavy atom. The Morgan fingerprint density at radius 1 is 0.833 bits per heavy atom. The predicted molar refractivity (Wildman–Crippen MR) is 51.0 cm³/mol. The molecule has 0 aromatic rings. The van der Waals surface area contributed by atoms with E-state index in [0.29, 0.717) is 0 Å². The lowest BCUT2D eigenvalue weighted by molar-refractivity contribution is 0.136.